The highest BCUT2D eigenvalue weighted by molar-refractivity contribution is 7.86. The molecular weight excluding hydrogens is 385 g/mol. The molecule has 0 fully saturated rings. The molecule has 0 saturated heterocycles. The molecule has 24 heavy (non-hydrogen) atoms. The van der Waals surface area contributed by atoms with E-state index in [4.69, 9.17) is 0 Å². The van der Waals surface area contributed by atoms with Crippen LogP contribution in [-0.4, -0.2) is 55.0 Å². The number of carbonyl (C=O) groups excluding carboxylic acids is 2. The lowest BCUT2D eigenvalue weighted by atomic mass is 10.2. The Bertz CT molecular complexity index is 610. The quantitative estimate of drug-likeness (QED) is 0.275. The molecular formula is C9H6F7O7S-. The Kier molecular flexibility index (Phi) is 6.37. The molecule has 0 aliphatic heterocycles. The zero-order chi connectivity index (χ0) is 19.6. The summed E-state index contributed by atoms with van der Waals surface area (Å²) in [5.74, 6) is -11.1. The van der Waals surface area contributed by atoms with Gasteiger partial charge in [-0.2, -0.15) is 30.7 Å². The van der Waals surface area contributed by atoms with Crippen LogP contribution in [0.5, 0.6) is 0 Å². The van der Waals surface area contributed by atoms with Gasteiger partial charge in [-0.25, -0.2) is 18.0 Å². The molecule has 0 rings (SSSR count). The lowest BCUT2D eigenvalue weighted by Crippen LogP contribution is -2.53. The predicted octanol–water partition coefficient (Wildman–Crippen LogP) is 0.963. The first-order valence-corrected chi connectivity index (χ1v) is 6.65. The van der Waals surface area contributed by atoms with E-state index in [-0.39, 0.29) is 6.08 Å². The highest BCUT2D eigenvalue weighted by Crippen LogP contribution is 2.36. The lowest BCUT2D eigenvalue weighted by Gasteiger charge is -2.27. The second-order valence-corrected chi connectivity index (χ2v) is 5.36. The lowest BCUT2D eigenvalue weighted by molar-refractivity contribution is -0.276. The van der Waals surface area contributed by atoms with Crippen LogP contribution in [0.4, 0.5) is 30.7 Å². The summed E-state index contributed by atoms with van der Waals surface area (Å²) >= 11 is 0. The molecule has 0 aromatic heterocycles. The Hall–Kier alpha value is -1.90. The largest absolute Gasteiger partial charge is 0.743 e. The fourth-order valence-electron chi connectivity index (χ4n) is 0.936. The molecule has 0 N–H and O–H groups in total. The smallest absolute Gasteiger partial charge is 0.432 e. The third kappa shape index (κ3) is 5.33. The van der Waals surface area contributed by atoms with Crippen LogP contribution in [0.2, 0.25) is 0 Å². The first-order chi connectivity index (χ1) is 10.5. The summed E-state index contributed by atoms with van der Waals surface area (Å²) in [6, 6.07) is 0. The SMILES string of the molecule is C=CC(=O)OC(C(F)(F)F)C(F)(F)C(=O)OCC(F)(F)S(=O)(=O)[O-]. The molecule has 0 saturated carbocycles. The second-order valence-electron chi connectivity index (χ2n) is 3.85. The molecule has 0 amide bonds. The van der Waals surface area contributed by atoms with Crippen LogP contribution in [0.3, 0.4) is 0 Å². The van der Waals surface area contributed by atoms with E-state index in [1.807, 2.05) is 0 Å². The number of hydrogen-bond acceptors (Lipinski definition) is 7. The van der Waals surface area contributed by atoms with E-state index in [1.54, 1.807) is 0 Å². The molecule has 0 heterocycles. The van der Waals surface area contributed by atoms with Crippen LogP contribution in [0.15, 0.2) is 12.7 Å². The fraction of sp³-hybridized carbons (Fsp3) is 0.556. The molecule has 0 aromatic carbocycles. The number of carbonyl (C=O) groups is 2. The normalized spacial score (nSPS) is 14.7. The minimum Gasteiger partial charge on any atom is -0.743 e. The molecule has 0 aliphatic rings. The van der Waals surface area contributed by atoms with Crippen molar-refractivity contribution in [3.05, 3.63) is 12.7 Å². The Morgan fingerprint density at radius 3 is 1.92 bits per heavy atom. The summed E-state index contributed by atoms with van der Waals surface area (Å²) < 4.78 is 126. The van der Waals surface area contributed by atoms with Gasteiger partial charge in [-0.1, -0.05) is 6.58 Å². The van der Waals surface area contributed by atoms with E-state index in [0.717, 1.165) is 0 Å². The van der Waals surface area contributed by atoms with Crippen molar-refractivity contribution in [1.82, 2.24) is 0 Å². The summed E-state index contributed by atoms with van der Waals surface area (Å²) in [7, 11) is -6.44. The van der Waals surface area contributed by atoms with Gasteiger partial charge in [0.2, 0.25) is 0 Å². The number of esters is 2. The summed E-state index contributed by atoms with van der Waals surface area (Å²) in [6.07, 6.45) is -10.4. The van der Waals surface area contributed by atoms with Crippen LogP contribution in [0, 0.1) is 0 Å². The summed E-state index contributed by atoms with van der Waals surface area (Å²) in [5.41, 5.74) is 0. The van der Waals surface area contributed by atoms with Crippen molar-refractivity contribution in [2.45, 2.75) is 23.5 Å². The fourth-order valence-corrected chi connectivity index (χ4v) is 1.14. The average molecular weight is 391 g/mol. The standard InChI is InChI=1S/C9H7F7O7S/c1-2-4(17)23-5(9(14,15)16)8(12,13)6(18)22-3-7(10,11)24(19,20)21/h2,5H,1,3H2,(H,19,20,21)/p-1. The van der Waals surface area contributed by atoms with Gasteiger partial charge in [0.15, 0.2) is 16.7 Å². The van der Waals surface area contributed by atoms with Crippen molar-refractivity contribution in [3.63, 3.8) is 0 Å². The molecule has 140 valence electrons. The molecule has 7 nitrogen and oxygen atoms in total. The Morgan fingerprint density at radius 2 is 1.58 bits per heavy atom. The number of halogens is 7. The number of rotatable bonds is 7. The van der Waals surface area contributed by atoms with Gasteiger partial charge in [-0.05, 0) is 0 Å². The van der Waals surface area contributed by atoms with E-state index in [2.05, 4.69) is 16.1 Å². The van der Waals surface area contributed by atoms with Crippen LogP contribution < -0.4 is 0 Å². The third-order valence-corrected chi connectivity index (χ3v) is 2.89. The maximum absolute atomic E-state index is 13.4. The number of ether oxygens (including phenoxy) is 2. The van der Waals surface area contributed by atoms with Gasteiger partial charge in [0, 0.05) is 6.08 Å². The molecule has 15 heteroatoms. The average Bonchev–Trinajstić information content (AvgIpc) is 2.38. The zero-order valence-corrected chi connectivity index (χ0v) is 11.8. The summed E-state index contributed by atoms with van der Waals surface area (Å²) in [6.45, 7) is -0.156. The van der Waals surface area contributed by atoms with Gasteiger partial charge < -0.3 is 14.0 Å². The van der Waals surface area contributed by atoms with Crippen molar-refractivity contribution in [2.24, 2.45) is 0 Å². The summed E-state index contributed by atoms with van der Waals surface area (Å²) in [4.78, 5) is 21.5. The zero-order valence-electron chi connectivity index (χ0n) is 11.0. The molecule has 0 aromatic rings. The van der Waals surface area contributed by atoms with Crippen LogP contribution in [0.25, 0.3) is 0 Å². The second kappa shape index (κ2) is 6.92. The number of alkyl halides is 7. The van der Waals surface area contributed by atoms with E-state index in [9.17, 15) is 53.3 Å². The molecule has 1 atom stereocenters. The van der Waals surface area contributed by atoms with Crippen LogP contribution >= 0.6 is 0 Å². The Morgan fingerprint density at radius 1 is 1.12 bits per heavy atom. The van der Waals surface area contributed by atoms with Crippen molar-refractivity contribution in [1.29, 1.82) is 0 Å². The maximum Gasteiger partial charge on any atom is 0.432 e. The Labute approximate surface area is 128 Å². The molecule has 0 aliphatic carbocycles. The van der Waals surface area contributed by atoms with E-state index in [1.165, 1.54) is 0 Å². The number of hydrogen-bond donors (Lipinski definition) is 0. The topological polar surface area (TPSA) is 110 Å². The van der Waals surface area contributed by atoms with Crippen molar-refractivity contribution in [2.75, 3.05) is 6.61 Å². The molecule has 0 spiro atoms. The third-order valence-electron chi connectivity index (χ3n) is 2.04. The first-order valence-electron chi connectivity index (χ1n) is 5.25. The molecule has 0 radical (unpaired) electrons. The molecule has 0 bridgehead atoms. The van der Waals surface area contributed by atoms with Crippen molar-refractivity contribution in [3.8, 4) is 0 Å². The van der Waals surface area contributed by atoms with E-state index in [0.29, 0.717) is 0 Å². The van der Waals surface area contributed by atoms with Crippen molar-refractivity contribution >= 4 is 22.1 Å². The maximum atomic E-state index is 13.4. The van der Waals surface area contributed by atoms with Gasteiger partial charge in [-0.3, -0.25) is 0 Å². The molecule has 1 unspecified atom stereocenters. The monoisotopic (exact) mass is 391 g/mol. The van der Waals surface area contributed by atoms with Gasteiger partial charge in [0.05, 0.1) is 0 Å². The van der Waals surface area contributed by atoms with Gasteiger partial charge in [0.1, 0.15) is 0 Å². The first kappa shape index (κ1) is 22.1. The van der Waals surface area contributed by atoms with Gasteiger partial charge in [-0.15, -0.1) is 0 Å². The van der Waals surface area contributed by atoms with Crippen molar-refractivity contribution < 1.29 is 62.8 Å². The van der Waals surface area contributed by atoms with E-state index >= 15 is 0 Å². The highest BCUT2D eigenvalue weighted by Gasteiger charge is 2.64. The Balaban J connectivity index is 5.40. The van der Waals surface area contributed by atoms with Crippen LogP contribution in [0.1, 0.15) is 0 Å². The minimum atomic E-state index is -6.44. The van der Waals surface area contributed by atoms with Crippen LogP contribution in [-0.2, 0) is 29.2 Å². The summed E-state index contributed by atoms with van der Waals surface area (Å²) in [5, 5.41) is -5.37. The minimum absolute atomic E-state index is 0.0400. The highest BCUT2D eigenvalue weighted by atomic mass is 32.2. The predicted molar refractivity (Wildman–Crippen MR) is 56.7 cm³/mol. The van der Waals surface area contributed by atoms with Gasteiger partial charge >= 0.3 is 29.3 Å². The van der Waals surface area contributed by atoms with E-state index < -0.39 is 52.1 Å². The van der Waals surface area contributed by atoms with Gasteiger partial charge in [0.25, 0.3) is 6.10 Å².